The van der Waals surface area contributed by atoms with E-state index in [1.165, 1.54) is 30.4 Å². The Hall–Kier alpha value is -1.68. The predicted molar refractivity (Wildman–Crippen MR) is 79.4 cm³/mol. The van der Waals surface area contributed by atoms with Crippen LogP contribution in [0.4, 0.5) is 0 Å². The van der Waals surface area contributed by atoms with Crippen molar-refractivity contribution in [2.75, 3.05) is 0 Å². The first-order valence-electron chi connectivity index (χ1n) is 7.51. The summed E-state index contributed by atoms with van der Waals surface area (Å²) in [5.74, 6) is 0.548. The van der Waals surface area contributed by atoms with Crippen LogP contribution in [0, 0.1) is 0 Å². The van der Waals surface area contributed by atoms with Crippen LogP contribution in [0.15, 0.2) is 30.5 Å². The van der Waals surface area contributed by atoms with Gasteiger partial charge in [-0.1, -0.05) is 36.4 Å². The minimum Gasteiger partial charge on any atom is -0.323 e. The van der Waals surface area contributed by atoms with Crippen molar-refractivity contribution in [1.82, 2.24) is 15.0 Å². The van der Waals surface area contributed by atoms with Gasteiger partial charge in [-0.15, -0.1) is 5.10 Å². The molecule has 4 nitrogen and oxygen atoms in total. The van der Waals surface area contributed by atoms with Crippen LogP contribution in [-0.2, 0) is 13.0 Å². The largest absolute Gasteiger partial charge is 0.323 e. The molecule has 2 N–H and O–H groups in total. The monoisotopic (exact) mass is 270 g/mol. The molecule has 1 heterocycles. The summed E-state index contributed by atoms with van der Waals surface area (Å²) in [6.45, 7) is 2.97. The Labute approximate surface area is 120 Å². The number of hydrogen-bond donors (Lipinski definition) is 1. The van der Waals surface area contributed by atoms with Crippen molar-refractivity contribution in [2.45, 2.75) is 51.1 Å². The molecule has 0 bridgehead atoms. The second-order valence-corrected chi connectivity index (χ2v) is 5.67. The summed E-state index contributed by atoms with van der Waals surface area (Å²) in [6.07, 6.45) is 6.59. The third kappa shape index (κ3) is 2.61. The molecule has 1 aliphatic rings. The minimum atomic E-state index is 0.00221. The highest BCUT2D eigenvalue weighted by molar-refractivity contribution is 5.32. The van der Waals surface area contributed by atoms with Crippen LogP contribution in [0.5, 0.6) is 0 Å². The van der Waals surface area contributed by atoms with E-state index in [2.05, 4.69) is 41.5 Å². The van der Waals surface area contributed by atoms with Gasteiger partial charge < -0.3 is 5.73 Å². The van der Waals surface area contributed by atoms with Gasteiger partial charge in [-0.3, -0.25) is 4.68 Å². The molecule has 0 spiro atoms. The second kappa shape index (κ2) is 5.75. The summed E-state index contributed by atoms with van der Waals surface area (Å²) in [5, 5.41) is 8.44. The van der Waals surface area contributed by atoms with E-state index in [4.69, 9.17) is 5.73 Å². The van der Waals surface area contributed by atoms with Crippen molar-refractivity contribution in [1.29, 1.82) is 0 Å². The lowest BCUT2D eigenvalue weighted by molar-refractivity contribution is 0.449. The molecule has 1 aromatic heterocycles. The van der Waals surface area contributed by atoms with E-state index < -0.39 is 0 Å². The summed E-state index contributed by atoms with van der Waals surface area (Å²) in [6, 6.07) is 8.78. The maximum absolute atomic E-state index is 6.00. The summed E-state index contributed by atoms with van der Waals surface area (Å²) >= 11 is 0. The minimum absolute atomic E-state index is 0.00221. The van der Waals surface area contributed by atoms with Gasteiger partial charge in [-0.25, -0.2) is 0 Å². The standard InChI is InChI=1S/C16H22N4/c1-2-15(17)16-11-20(19-18-16)10-13-8-5-7-12-6-3-4-9-14(12)13/h3-4,6,9,11,13,15H,2,5,7-8,10,17H2,1H3. The van der Waals surface area contributed by atoms with Gasteiger partial charge in [0.1, 0.15) is 0 Å². The van der Waals surface area contributed by atoms with Crippen LogP contribution in [0.1, 0.15) is 55.0 Å². The number of nitrogens with two attached hydrogens (primary N) is 1. The summed E-state index contributed by atoms with van der Waals surface area (Å²) in [7, 11) is 0. The fourth-order valence-corrected chi connectivity index (χ4v) is 3.05. The Bertz CT molecular complexity index is 575. The van der Waals surface area contributed by atoms with Gasteiger partial charge in [-0.05, 0) is 36.8 Å². The molecule has 0 saturated carbocycles. The van der Waals surface area contributed by atoms with Crippen LogP contribution in [-0.4, -0.2) is 15.0 Å². The van der Waals surface area contributed by atoms with Crippen LogP contribution >= 0.6 is 0 Å². The van der Waals surface area contributed by atoms with E-state index in [9.17, 15) is 0 Å². The predicted octanol–water partition coefficient (Wildman–Crippen LogP) is 2.81. The molecular formula is C16H22N4. The Kier molecular flexibility index (Phi) is 3.83. The van der Waals surface area contributed by atoms with Crippen molar-refractivity contribution < 1.29 is 0 Å². The first kappa shape index (κ1) is 13.3. The molecule has 2 atom stereocenters. The van der Waals surface area contributed by atoms with E-state index in [0.29, 0.717) is 5.92 Å². The number of benzene rings is 1. The smallest absolute Gasteiger partial charge is 0.0993 e. The third-order valence-electron chi connectivity index (χ3n) is 4.28. The molecule has 2 unspecified atom stereocenters. The maximum Gasteiger partial charge on any atom is 0.0993 e. The number of aryl methyl sites for hydroxylation is 1. The van der Waals surface area contributed by atoms with E-state index in [1.54, 1.807) is 0 Å². The van der Waals surface area contributed by atoms with Crippen LogP contribution in [0.2, 0.25) is 0 Å². The first-order valence-corrected chi connectivity index (χ1v) is 7.51. The maximum atomic E-state index is 6.00. The fourth-order valence-electron chi connectivity index (χ4n) is 3.05. The molecule has 0 fully saturated rings. The topological polar surface area (TPSA) is 56.7 Å². The summed E-state index contributed by atoms with van der Waals surface area (Å²) in [4.78, 5) is 0. The zero-order valence-electron chi connectivity index (χ0n) is 12.0. The molecule has 0 radical (unpaired) electrons. The van der Waals surface area contributed by atoms with Crippen molar-refractivity contribution in [3.8, 4) is 0 Å². The number of rotatable bonds is 4. The number of hydrogen-bond acceptors (Lipinski definition) is 3. The normalized spacial score (nSPS) is 19.6. The highest BCUT2D eigenvalue weighted by Crippen LogP contribution is 2.32. The lowest BCUT2D eigenvalue weighted by Gasteiger charge is -2.25. The van der Waals surface area contributed by atoms with Crippen LogP contribution in [0.3, 0.4) is 0 Å². The Morgan fingerprint density at radius 2 is 2.25 bits per heavy atom. The zero-order valence-corrected chi connectivity index (χ0v) is 12.0. The lowest BCUT2D eigenvalue weighted by atomic mass is 9.83. The Balaban J connectivity index is 1.77. The van der Waals surface area contributed by atoms with Crippen molar-refractivity contribution in [3.05, 3.63) is 47.3 Å². The summed E-state index contributed by atoms with van der Waals surface area (Å²) in [5.41, 5.74) is 9.88. The molecule has 4 heteroatoms. The average molecular weight is 270 g/mol. The molecule has 1 aromatic carbocycles. The van der Waals surface area contributed by atoms with Crippen molar-refractivity contribution >= 4 is 0 Å². The third-order valence-corrected chi connectivity index (χ3v) is 4.28. The van der Waals surface area contributed by atoms with Gasteiger partial charge in [0.05, 0.1) is 17.9 Å². The highest BCUT2D eigenvalue weighted by Gasteiger charge is 2.21. The quantitative estimate of drug-likeness (QED) is 0.929. The van der Waals surface area contributed by atoms with Crippen molar-refractivity contribution in [3.63, 3.8) is 0 Å². The van der Waals surface area contributed by atoms with Gasteiger partial charge in [0.2, 0.25) is 0 Å². The van der Waals surface area contributed by atoms with Gasteiger partial charge in [-0.2, -0.15) is 0 Å². The van der Waals surface area contributed by atoms with E-state index in [-0.39, 0.29) is 6.04 Å². The van der Waals surface area contributed by atoms with E-state index in [1.807, 2.05) is 10.9 Å². The molecule has 1 aliphatic carbocycles. The van der Waals surface area contributed by atoms with Crippen LogP contribution < -0.4 is 5.73 Å². The molecular weight excluding hydrogens is 248 g/mol. The van der Waals surface area contributed by atoms with Crippen molar-refractivity contribution in [2.24, 2.45) is 5.73 Å². The van der Waals surface area contributed by atoms with Gasteiger partial charge in [0.25, 0.3) is 0 Å². The number of nitrogens with zero attached hydrogens (tertiary/aromatic N) is 3. The zero-order chi connectivity index (χ0) is 13.9. The highest BCUT2D eigenvalue weighted by atomic mass is 15.4. The van der Waals surface area contributed by atoms with Gasteiger partial charge in [0.15, 0.2) is 0 Å². The number of fused-ring (bicyclic) bond motifs is 1. The SMILES string of the molecule is CCC(N)c1cn(CC2CCCc3ccccc32)nn1. The van der Waals surface area contributed by atoms with Gasteiger partial charge in [0, 0.05) is 12.5 Å². The second-order valence-electron chi connectivity index (χ2n) is 5.67. The van der Waals surface area contributed by atoms with Gasteiger partial charge >= 0.3 is 0 Å². The van der Waals surface area contributed by atoms with Crippen LogP contribution in [0.25, 0.3) is 0 Å². The molecule has 0 saturated heterocycles. The Morgan fingerprint density at radius 1 is 1.40 bits per heavy atom. The molecule has 3 rings (SSSR count). The average Bonchev–Trinajstić information content (AvgIpc) is 2.95. The first-order chi connectivity index (χ1) is 9.78. The Morgan fingerprint density at radius 3 is 3.10 bits per heavy atom. The number of aromatic nitrogens is 3. The molecule has 0 amide bonds. The van der Waals surface area contributed by atoms with E-state index in [0.717, 1.165) is 18.7 Å². The van der Waals surface area contributed by atoms with E-state index >= 15 is 0 Å². The fraction of sp³-hybridized carbons (Fsp3) is 0.500. The molecule has 106 valence electrons. The lowest BCUT2D eigenvalue weighted by Crippen LogP contribution is -2.16. The molecule has 20 heavy (non-hydrogen) atoms. The molecule has 0 aliphatic heterocycles. The molecule has 2 aromatic rings. The summed E-state index contributed by atoms with van der Waals surface area (Å²) < 4.78 is 1.96.